The largest absolute Gasteiger partial charge is 0.465 e. The second-order valence-electron chi connectivity index (χ2n) is 8.33. The van der Waals surface area contributed by atoms with Gasteiger partial charge in [-0.3, -0.25) is 14.8 Å². The Bertz CT molecular complexity index is 722. The smallest absolute Gasteiger partial charge is 0.118 e. The van der Waals surface area contributed by atoms with Crippen molar-refractivity contribution in [2.45, 2.75) is 32.9 Å². The second kappa shape index (κ2) is 8.13. The number of aromatic nitrogens is 1. The summed E-state index contributed by atoms with van der Waals surface area (Å²) in [5, 5.41) is 0. The summed E-state index contributed by atoms with van der Waals surface area (Å²) in [5.41, 5.74) is 1.68. The highest BCUT2D eigenvalue weighted by molar-refractivity contribution is 5.10. The first-order valence-corrected chi connectivity index (χ1v) is 10.0. The van der Waals surface area contributed by atoms with Crippen molar-refractivity contribution in [3.05, 3.63) is 53.7 Å². The third-order valence-electron chi connectivity index (χ3n) is 6.41. The van der Waals surface area contributed by atoms with Crippen LogP contribution < -0.4 is 0 Å². The number of piperidine rings is 1. The van der Waals surface area contributed by atoms with Crippen LogP contribution in [0.3, 0.4) is 0 Å². The Labute approximate surface area is 162 Å². The van der Waals surface area contributed by atoms with Gasteiger partial charge in [0.25, 0.3) is 0 Å². The van der Waals surface area contributed by atoms with E-state index >= 15 is 0 Å². The summed E-state index contributed by atoms with van der Waals surface area (Å²) in [6.45, 7) is 9.37. The standard InChI is InChI=1S/C22H31N3O2/c1-18-5-6-21(27-18)15-24-10-7-22(8-11-24)17-25(14-20(22)16-26-2)13-19-4-3-9-23-12-19/h3-6,9,12,20H,7-8,10-11,13-17H2,1-2H3. The molecule has 4 heterocycles. The molecule has 1 spiro atoms. The van der Waals surface area contributed by atoms with Crippen molar-refractivity contribution >= 4 is 0 Å². The van der Waals surface area contributed by atoms with Gasteiger partial charge in [-0.2, -0.15) is 0 Å². The zero-order chi connectivity index (χ0) is 18.7. The van der Waals surface area contributed by atoms with E-state index in [1.807, 2.05) is 32.5 Å². The SMILES string of the molecule is COCC1CN(Cc2cccnc2)CC12CCN(Cc1ccc(C)o1)CC2. The van der Waals surface area contributed by atoms with Crippen molar-refractivity contribution in [3.8, 4) is 0 Å². The lowest BCUT2D eigenvalue weighted by Gasteiger charge is -2.42. The molecule has 0 saturated carbocycles. The minimum Gasteiger partial charge on any atom is -0.465 e. The van der Waals surface area contributed by atoms with Crippen molar-refractivity contribution in [2.75, 3.05) is 39.9 Å². The molecule has 2 aliphatic rings. The average molecular weight is 370 g/mol. The number of nitrogens with zero attached hydrogens (tertiary/aromatic N) is 3. The third-order valence-corrected chi connectivity index (χ3v) is 6.41. The van der Waals surface area contributed by atoms with Crippen LogP contribution in [0, 0.1) is 18.3 Å². The van der Waals surface area contributed by atoms with Crippen LogP contribution in [-0.4, -0.2) is 54.7 Å². The number of likely N-dealkylation sites (tertiary alicyclic amines) is 2. The summed E-state index contributed by atoms with van der Waals surface area (Å²) >= 11 is 0. The molecule has 0 amide bonds. The quantitative estimate of drug-likeness (QED) is 0.781. The van der Waals surface area contributed by atoms with Crippen molar-refractivity contribution in [3.63, 3.8) is 0 Å². The Balaban J connectivity index is 1.38. The van der Waals surface area contributed by atoms with Gasteiger partial charge in [0.15, 0.2) is 0 Å². The van der Waals surface area contributed by atoms with Crippen LogP contribution in [0.15, 0.2) is 41.1 Å². The molecule has 5 nitrogen and oxygen atoms in total. The fourth-order valence-electron chi connectivity index (χ4n) is 4.96. The molecule has 0 aromatic carbocycles. The van der Waals surface area contributed by atoms with Gasteiger partial charge in [-0.05, 0) is 62.0 Å². The maximum Gasteiger partial charge on any atom is 0.118 e. The number of pyridine rings is 1. The first kappa shape index (κ1) is 18.7. The summed E-state index contributed by atoms with van der Waals surface area (Å²) in [6, 6.07) is 8.38. The fraction of sp³-hybridized carbons (Fsp3) is 0.591. The molecule has 27 heavy (non-hydrogen) atoms. The zero-order valence-corrected chi connectivity index (χ0v) is 16.6. The van der Waals surface area contributed by atoms with Crippen LogP contribution in [0.5, 0.6) is 0 Å². The van der Waals surface area contributed by atoms with Crippen LogP contribution in [0.4, 0.5) is 0 Å². The van der Waals surface area contributed by atoms with Gasteiger partial charge in [-0.1, -0.05) is 6.07 Å². The van der Waals surface area contributed by atoms with E-state index in [0.29, 0.717) is 11.3 Å². The summed E-state index contributed by atoms with van der Waals surface area (Å²) < 4.78 is 11.4. The fourth-order valence-corrected chi connectivity index (χ4v) is 4.96. The summed E-state index contributed by atoms with van der Waals surface area (Å²) in [6.07, 6.45) is 6.32. The third kappa shape index (κ3) is 4.26. The number of rotatable bonds is 6. The van der Waals surface area contributed by atoms with Gasteiger partial charge in [0.05, 0.1) is 13.2 Å². The first-order chi connectivity index (χ1) is 13.2. The highest BCUT2D eigenvalue weighted by atomic mass is 16.5. The number of ether oxygens (including phenoxy) is 1. The van der Waals surface area contributed by atoms with E-state index in [-0.39, 0.29) is 0 Å². The number of furan rings is 1. The monoisotopic (exact) mass is 369 g/mol. The van der Waals surface area contributed by atoms with Crippen molar-refractivity contribution in [2.24, 2.45) is 11.3 Å². The van der Waals surface area contributed by atoms with Crippen LogP contribution >= 0.6 is 0 Å². The highest BCUT2D eigenvalue weighted by Gasteiger charge is 2.47. The van der Waals surface area contributed by atoms with E-state index in [0.717, 1.165) is 50.9 Å². The predicted octanol–water partition coefficient (Wildman–Crippen LogP) is 3.34. The van der Waals surface area contributed by atoms with E-state index in [1.54, 1.807) is 0 Å². The first-order valence-electron chi connectivity index (χ1n) is 10.0. The number of hydrogen-bond donors (Lipinski definition) is 0. The molecule has 0 aliphatic carbocycles. The van der Waals surface area contributed by atoms with Gasteiger partial charge in [-0.15, -0.1) is 0 Å². The number of methoxy groups -OCH3 is 1. The molecule has 146 valence electrons. The molecule has 0 N–H and O–H groups in total. The van der Waals surface area contributed by atoms with E-state index in [4.69, 9.17) is 9.15 Å². The molecular weight excluding hydrogens is 338 g/mol. The maximum absolute atomic E-state index is 5.77. The lowest BCUT2D eigenvalue weighted by Crippen LogP contribution is -2.44. The Morgan fingerprint density at radius 1 is 1.19 bits per heavy atom. The Morgan fingerprint density at radius 3 is 2.70 bits per heavy atom. The van der Waals surface area contributed by atoms with Crippen molar-refractivity contribution < 1.29 is 9.15 Å². The van der Waals surface area contributed by atoms with Gasteiger partial charge < -0.3 is 9.15 Å². The molecule has 2 aromatic rings. The van der Waals surface area contributed by atoms with Gasteiger partial charge in [0.2, 0.25) is 0 Å². The Kier molecular flexibility index (Phi) is 5.62. The molecule has 2 aliphatic heterocycles. The molecule has 0 bridgehead atoms. The van der Waals surface area contributed by atoms with Gasteiger partial charge >= 0.3 is 0 Å². The van der Waals surface area contributed by atoms with Crippen molar-refractivity contribution in [1.29, 1.82) is 0 Å². The van der Waals surface area contributed by atoms with Crippen molar-refractivity contribution in [1.82, 2.24) is 14.8 Å². The van der Waals surface area contributed by atoms with Gasteiger partial charge in [-0.25, -0.2) is 0 Å². The minimum atomic E-state index is 0.383. The predicted molar refractivity (Wildman–Crippen MR) is 105 cm³/mol. The number of hydrogen-bond acceptors (Lipinski definition) is 5. The molecular formula is C22H31N3O2. The summed E-state index contributed by atoms with van der Waals surface area (Å²) in [4.78, 5) is 9.41. The second-order valence-corrected chi connectivity index (χ2v) is 8.33. The zero-order valence-electron chi connectivity index (χ0n) is 16.6. The number of aryl methyl sites for hydroxylation is 1. The van der Waals surface area contributed by atoms with Gasteiger partial charge in [0.1, 0.15) is 11.5 Å². The van der Waals surface area contributed by atoms with E-state index in [9.17, 15) is 0 Å². The van der Waals surface area contributed by atoms with E-state index in [1.165, 1.54) is 24.9 Å². The molecule has 2 saturated heterocycles. The summed E-state index contributed by atoms with van der Waals surface area (Å²) in [5.74, 6) is 2.70. The molecule has 4 rings (SSSR count). The Hall–Kier alpha value is -1.69. The highest BCUT2D eigenvalue weighted by Crippen LogP contribution is 2.45. The lowest BCUT2D eigenvalue weighted by molar-refractivity contribution is 0.0331. The Morgan fingerprint density at radius 2 is 2.04 bits per heavy atom. The molecule has 1 unspecified atom stereocenters. The molecule has 5 heteroatoms. The topological polar surface area (TPSA) is 41.7 Å². The van der Waals surface area contributed by atoms with Crippen LogP contribution in [0.1, 0.15) is 29.9 Å². The minimum absolute atomic E-state index is 0.383. The maximum atomic E-state index is 5.77. The van der Waals surface area contributed by atoms with Crippen LogP contribution in [-0.2, 0) is 17.8 Å². The molecule has 2 aromatic heterocycles. The van der Waals surface area contributed by atoms with E-state index in [2.05, 4.69) is 33.0 Å². The molecule has 2 fully saturated rings. The normalized spacial score (nSPS) is 23.3. The summed E-state index contributed by atoms with van der Waals surface area (Å²) in [7, 11) is 1.84. The molecule has 0 radical (unpaired) electrons. The lowest BCUT2D eigenvalue weighted by atomic mass is 9.71. The average Bonchev–Trinajstić information content (AvgIpc) is 3.22. The van der Waals surface area contributed by atoms with Crippen LogP contribution in [0.25, 0.3) is 0 Å². The van der Waals surface area contributed by atoms with Gasteiger partial charge in [0, 0.05) is 45.1 Å². The molecule has 1 atom stereocenters. The van der Waals surface area contributed by atoms with E-state index < -0.39 is 0 Å². The van der Waals surface area contributed by atoms with Crippen LogP contribution in [0.2, 0.25) is 0 Å².